The molecule has 1 aliphatic carbocycles. The van der Waals surface area contributed by atoms with Gasteiger partial charge in [0.2, 0.25) is 5.91 Å². The second-order valence-electron chi connectivity index (χ2n) is 6.06. The molecule has 0 aromatic carbocycles. The third kappa shape index (κ3) is 3.39. The standard InChI is InChI=1S/C13H23N3O2.2ClH/c1-10-8-16(12(17)13(14)2-3-13)9-11(10)15-4-6-18-7-5-15;;/h10-11H,2-9,14H2,1H3;2*1H. The van der Waals surface area contributed by atoms with Crippen molar-refractivity contribution < 1.29 is 9.53 Å². The van der Waals surface area contributed by atoms with E-state index in [0.29, 0.717) is 12.0 Å². The van der Waals surface area contributed by atoms with Crippen LogP contribution in [0.15, 0.2) is 0 Å². The van der Waals surface area contributed by atoms with Crippen molar-refractivity contribution in [3.63, 3.8) is 0 Å². The van der Waals surface area contributed by atoms with Gasteiger partial charge in [0, 0.05) is 32.2 Å². The van der Waals surface area contributed by atoms with E-state index in [2.05, 4.69) is 11.8 Å². The van der Waals surface area contributed by atoms with Gasteiger partial charge in [-0.2, -0.15) is 0 Å². The molecule has 118 valence electrons. The molecule has 0 aromatic heterocycles. The summed E-state index contributed by atoms with van der Waals surface area (Å²) in [4.78, 5) is 16.7. The van der Waals surface area contributed by atoms with Crippen LogP contribution in [0.1, 0.15) is 19.8 Å². The van der Waals surface area contributed by atoms with Crippen LogP contribution in [0.2, 0.25) is 0 Å². The zero-order valence-electron chi connectivity index (χ0n) is 11.9. The van der Waals surface area contributed by atoms with Gasteiger partial charge in [0.05, 0.1) is 18.8 Å². The van der Waals surface area contributed by atoms with Crippen molar-refractivity contribution in [2.75, 3.05) is 39.4 Å². The van der Waals surface area contributed by atoms with Crippen molar-refractivity contribution in [1.29, 1.82) is 0 Å². The third-order valence-corrected chi connectivity index (χ3v) is 4.59. The zero-order valence-corrected chi connectivity index (χ0v) is 13.5. The monoisotopic (exact) mass is 325 g/mol. The molecule has 1 amide bonds. The molecule has 0 aromatic rings. The molecule has 0 bridgehead atoms. The highest BCUT2D eigenvalue weighted by Gasteiger charge is 2.50. The van der Waals surface area contributed by atoms with E-state index in [1.165, 1.54) is 0 Å². The van der Waals surface area contributed by atoms with Crippen molar-refractivity contribution >= 4 is 30.7 Å². The number of likely N-dealkylation sites (tertiary alicyclic amines) is 1. The quantitative estimate of drug-likeness (QED) is 0.803. The molecule has 2 atom stereocenters. The van der Waals surface area contributed by atoms with E-state index in [4.69, 9.17) is 10.5 Å². The van der Waals surface area contributed by atoms with Crippen LogP contribution in [0.4, 0.5) is 0 Å². The Hall–Kier alpha value is -0.0700. The second kappa shape index (κ2) is 6.79. The minimum Gasteiger partial charge on any atom is -0.379 e. The van der Waals surface area contributed by atoms with Crippen molar-refractivity contribution in [3.8, 4) is 0 Å². The van der Waals surface area contributed by atoms with Crippen LogP contribution < -0.4 is 5.73 Å². The zero-order chi connectivity index (χ0) is 12.8. The van der Waals surface area contributed by atoms with Crippen LogP contribution in [-0.4, -0.2) is 66.7 Å². The Morgan fingerprint density at radius 1 is 1.20 bits per heavy atom. The number of morpholine rings is 1. The third-order valence-electron chi connectivity index (χ3n) is 4.59. The summed E-state index contributed by atoms with van der Waals surface area (Å²) in [5.74, 6) is 0.708. The molecule has 2 saturated heterocycles. The average molecular weight is 326 g/mol. The highest BCUT2D eigenvalue weighted by Crippen LogP contribution is 2.36. The first kappa shape index (κ1) is 18.0. The maximum atomic E-state index is 12.3. The Balaban J connectivity index is 0.000001000. The van der Waals surface area contributed by atoms with E-state index in [0.717, 1.165) is 52.2 Å². The normalized spacial score (nSPS) is 32.2. The van der Waals surface area contributed by atoms with E-state index in [-0.39, 0.29) is 30.7 Å². The summed E-state index contributed by atoms with van der Waals surface area (Å²) >= 11 is 0. The summed E-state index contributed by atoms with van der Waals surface area (Å²) in [5, 5.41) is 0. The lowest BCUT2D eigenvalue weighted by Crippen LogP contribution is -2.48. The van der Waals surface area contributed by atoms with Crippen LogP contribution in [0.3, 0.4) is 0 Å². The van der Waals surface area contributed by atoms with Gasteiger partial charge in [-0.15, -0.1) is 24.8 Å². The topological polar surface area (TPSA) is 58.8 Å². The first-order chi connectivity index (χ1) is 8.60. The highest BCUT2D eigenvalue weighted by molar-refractivity contribution is 5.89. The molecule has 2 unspecified atom stereocenters. The molecule has 0 spiro atoms. The number of hydrogen-bond donors (Lipinski definition) is 1. The van der Waals surface area contributed by atoms with Gasteiger partial charge < -0.3 is 15.4 Å². The number of ether oxygens (including phenoxy) is 1. The molecule has 0 radical (unpaired) electrons. The number of amides is 1. The molecular weight excluding hydrogens is 301 g/mol. The largest absolute Gasteiger partial charge is 0.379 e. The fourth-order valence-corrected chi connectivity index (χ4v) is 3.16. The van der Waals surface area contributed by atoms with Gasteiger partial charge in [-0.3, -0.25) is 9.69 Å². The summed E-state index contributed by atoms with van der Waals surface area (Å²) in [5.41, 5.74) is 5.50. The average Bonchev–Trinajstić information content (AvgIpc) is 3.01. The lowest BCUT2D eigenvalue weighted by molar-refractivity contribution is -0.132. The smallest absolute Gasteiger partial charge is 0.242 e. The Morgan fingerprint density at radius 2 is 1.80 bits per heavy atom. The first-order valence-corrected chi connectivity index (χ1v) is 7.00. The fraction of sp³-hybridized carbons (Fsp3) is 0.923. The SMILES string of the molecule is CC1CN(C(=O)C2(N)CC2)CC1N1CCOCC1.Cl.Cl. The second-order valence-corrected chi connectivity index (χ2v) is 6.06. The predicted molar refractivity (Wildman–Crippen MR) is 82.6 cm³/mol. The van der Waals surface area contributed by atoms with Crippen molar-refractivity contribution in [2.45, 2.75) is 31.3 Å². The van der Waals surface area contributed by atoms with Gasteiger partial charge in [-0.25, -0.2) is 0 Å². The maximum absolute atomic E-state index is 12.3. The van der Waals surface area contributed by atoms with Gasteiger partial charge in [-0.05, 0) is 18.8 Å². The van der Waals surface area contributed by atoms with Gasteiger partial charge in [0.25, 0.3) is 0 Å². The number of halogens is 2. The molecule has 3 fully saturated rings. The van der Waals surface area contributed by atoms with Crippen LogP contribution in [0, 0.1) is 5.92 Å². The van der Waals surface area contributed by atoms with E-state index < -0.39 is 5.54 Å². The summed E-state index contributed by atoms with van der Waals surface area (Å²) in [6, 6.07) is 0.486. The van der Waals surface area contributed by atoms with E-state index in [1.807, 2.05) is 4.90 Å². The number of nitrogens with two attached hydrogens (primary N) is 1. The summed E-state index contributed by atoms with van der Waals surface area (Å²) in [6.07, 6.45) is 1.72. The first-order valence-electron chi connectivity index (χ1n) is 7.00. The fourth-order valence-electron chi connectivity index (χ4n) is 3.16. The van der Waals surface area contributed by atoms with E-state index >= 15 is 0 Å². The lowest BCUT2D eigenvalue weighted by atomic mass is 10.0. The molecule has 2 N–H and O–H groups in total. The molecule has 3 aliphatic rings. The Bertz CT molecular complexity index is 347. The Morgan fingerprint density at radius 3 is 2.35 bits per heavy atom. The summed E-state index contributed by atoms with van der Waals surface area (Å²) < 4.78 is 5.39. The Labute approximate surface area is 133 Å². The van der Waals surface area contributed by atoms with Gasteiger partial charge in [0.15, 0.2) is 0 Å². The van der Waals surface area contributed by atoms with Crippen molar-refractivity contribution in [2.24, 2.45) is 11.7 Å². The number of carbonyl (C=O) groups excluding carboxylic acids is 1. The summed E-state index contributed by atoms with van der Waals surface area (Å²) in [7, 11) is 0. The molecule has 7 heteroatoms. The Kier molecular flexibility index (Phi) is 6.11. The minimum absolute atomic E-state index is 0. The van der Waals surface area contributed by atoms with Crippen LogP contribution in [0.25, 0.3) is 0 Å². The van der Waals surface area contributed by atoms with E-state index in [9.17, 15) is 4.79 Å². The predicted octanol–water partition coefficient (Wildman–Crippen LogP) is 0.500. The number of hydrogen-bond acceptors (Lipinski definition) is 4. The van der Waals surface area contributed by atoms with Crippen molar-refractivity contribution in [1.82, 2.24) is 9.80 Å². The summed E-state index contributed by atoms with van der Waals surface area (Å²) in [6.45, 7) is 7.56. The van der Waals surface area contributed by atoms with Gasteiger partial charge in [0.1, 0.15) is 0 Å². The molecule has 3 rings (SSSR count). The number of rotatable bonds is 2. The van der Waals surface area contributed by atoms with Crippen molar-refractivity contribution in [3.05, 3.63) is 0 Å². The van der Waals surface area contributed by atoms with Crippen LogP contribution >= 0.6 is 24.8 Å². The molecule has 5 nitrogen and oxygen atoms in total. The molecule has 2 heterocycles. The number of carbonyl (C=O) groups is 1. The molecule has 2 aliphatic heterocycles. The molecule has 1 saturated carbocycles. The molecule has 20 heavy (non-hydrogen) atoms. The molecular formula is C13H25Cl2N3O2. The minimum atomic E-state index is -0.514. The number of nitrogens with zero attached hydrogens (tertiary/aromatic N) is 2. The van der Waals surface area contributed by atoms with Gasteiger partial charge >= 0.3 is 0 Å². The van der Waals surface area contributed by atoms with Crippen LogP contribution in [0.5, 0.6) is 0 Å². The van der Waals surface area contributed by atoms with Gasteiger partial charge in [-0.1, -0.05) is 6.92 Å². The van der Waals surface area contributed by atoms with Crippen LogP contribution in [-0.2, 0) is 9.53 Å². The van der Waals surface area contributed by atoms with E-state index in [1.54, 1.807) is 0 Å². The maximum Gasteiger partial charge on any atom is 0.242 e. The lowest BCUT2D eigenvalue weighted by Gasteiger charge is -2.34. The highest BCUT2D eigenvalue weighted by atomic mass is 35.5.